The van der Waals surface area contributed by atoms with Crippen molar-refractivity contribution < 1.29 is 27.0 Å². The van der Waals surface area contributed by atoms with Gasteiger partial charge in [-0.15, -0.1) is 0 Å². The van der Waals surface area contributed by atoms with Gasteiger partial charge in [-0.1, -0.05) is 93.7 Å². The minimum absolute atomic E-state index is 0.309. The van der Waals surface area contributed by atoms with Crippen LogP contribution < -0.4 is 0 Å². The fourth-order valence-electron chi connectivity index (χ4n) is 5.83. The van der Waals surface area contributed by atoms with Gasteiger partial charge >= 0.3 is 0 Å². The van der Waals surface area contributed by atoms with Gasteiger partial charge in [-0.25, -0.2) is 22.5 Å². The molecule has 4 unspecified atom stereocenters. The summed E-state index contributed by atoms with van der Waals surface area (Å²) in [7, 11) is 0. The molecule has 4 atom stereocenters. The molecule has 1 aromatic heterocycles. The van der Waals surface area contributed by atoms with E-state index in [1.807, 2.05) is 53.2 Å². The second-order valence-electron chi connectivity index (χ2n) is 11.6. The molecule has 2 saturated heterocycles. The molecule has 0 bridgehead atoms. The summed E-state index contributed by atoms with van der Waals surface area (Å²) in [5, 5.41) is 1.53. The van der Waals surface area contributed by atoms with Crippen molar-refractivity contribution in [1.29, 1.82) is 0 Å². The van der Waals surface area contributed by atoms with Crippen LogP contribution in [-0.4, -0.2) is 18.6 Å². The third-order valence-electron chi connectivity index (χ3n) is 8.41. The van der Waals surface area contributed by atoms with Crippen LogP contribution >= 0.6 is 84.3 Å². The Balaban J connectivity index is 0.000000154. The quantitative estimate of drug-likeness (QED) is 0.0706. The highest BCUT2D eigenvalue weighted by Gasteiger charge is 2.61. The third kappa shape index (κ3) is 8.42. The van der Waals surface area contributed by atoms with Gasteiger partial charge in [0.15, 0.2) is 3.83 Å². The molecule has 4 aromatic carbocycles. The van der Waals surface area contributed by atoms with E-state index in [-0.39, 0.29) is 6.10 Å². The van der Waals surface area contributed by atoms with E-state index in [0.717, 1.165) is 33.5 Å². The van der Waals surface area contributed by atoms with Gasteiger partial charge in [-0.05, 0) is 69.4 Å². The summed E-state index contributed by atoms with van der Waals surface area (Å²) >= 11 is 20.1. The highest BCUT2D eigenvalue weighted by molar-refractivity contribution is 14.1. The maximum Gasteiger partial charge on any atom is 0.171 e. The van der Waals surface area contributed by atoms with Crippen LogP contribution in [0.5, 0.6) is 0 Å². The van der Waals surface area contributed by atoms with Crippen LogP contribution in [-0.2, 0) is 27.2 Å². The van der Waals surface area contributed by atoms with Crippen molar-refractivity contribution in [3.63, 3.8) is 0 Å². The lowest BCUT2D eigenvalue weighted by Crippen LogP contribution is -2.21. The zero-order valence-electron chi connectivity index (χ0n) is 26.2. The zero-order valence-corrected chi connectivity index (χ0v) is 33.6. The van der Waals surface area contributed by atoms with Crippen molar-refractivity contribution in [3.8, 4) is 0 Å². The van der Waals surface area contributed by atoms with Gasteiger partial charge in [-0.2, -0.15) is 0 Å². The standard InChI is InChI=1S/C18H12ClF2IN2O.C15H10BrClF2O.C4H4IN/c19-14-4-2-1-3-12(14)16-18(25-16,10-24-8-7-23-17(24)22)13-6-5-11(20)9-15(13)21;16-8-15(11-6-5-9(18)7-13(11)19)14(20-15)10-3-1-2-4-12(10)17;5-4-2-1-3-6-4/h1-9,16H,10H2;1-7,14H,8H2;1,3H,2H2. The minimum atomic E-state index is -0.955. The molecule has 14 heteroatoms. The normalized spacial score (nSPS) is 22.7. The average molecular weight is 1030 g/mol. The van der Waals surface area contributed by atoms with Crippen LogP contribution in [0.2, 0.25) is 10.0 Å². The Hall–Kier alpha value is -2.34. The van der Waals surface area contributed by atoms with E-state index in [1.54, 1.807) is 24.5 Å². The maximum absolute atomic E-state index is 14.5. The number of alkyl halides is 1. The molecule has 264 valence electrons. The first-order chi connectivity index (χ1) is 24.5. The molecular formula is C37H26BrCl2F4I2N3O2. The van der Waals surface area contributed by atoms with Crippen LogP contribution in [0, 0.1) is 27.1 Å². The smallest absolute Gasteiger partial charge is 0.171 e. The molecule has 3 aliphatic rings. The molecule has 0 amide bonds. The van der Waals surface area contributed by atoms with E-state index in [9.17, 15) is 17.6 Å². The molecule has 0 saturated carbocycles. The van der Waals surface area contributed by atoms with Crippen molar-refractivity contribution in [1.82, 2.24) is 9.55 Å². The first-order valence-corrected chi connectivity index (χ1v) is 19.4. The lowest BCUT2D eigenvalue weighted by Gasteiger charge is -2.16. The number of benzene rings is 4. The summed E-state index contributed by atoms with van der Waals surface area (Å²) in [6.07, 6.45) is 7.64. The summed E-state index contributed by atoms with van der Waals surface area (Å²) in [4.78, 5) is 8.15. The average Bonchev–Trinajstić information content (AvgIpc) is 3.88. The second-order valence-corrected chi connectivity index (χ2v) is 15.2. The lowest BCUT2D eigenvalue weighted by atomic mass is 9.91. The molecular weight excluding hydrogens is 999 g/mol. The molecule has 8 rings (SSSR count). The van der Waals surface area contributed by atoms with Crippen molar-refractivity contribution in [2.24, 2.45) is 4.99 Å². The number of imidazole rings is 1. The molecule has 0 radical (unpaired) electrons. The van der Waals surface area contributed by atoms with Crippen molar-refractivity contribution in [2.75, 3.05) is 5.33 Å². The first-order valence-electron chi connectivity index (χ1n) is 15.3. The second kappa shape index (κ2) is 16.4. The van der Waals surface area contributed by atoms with Gasteiger partial charge in [0.25, 0.3) is 0 Å². The molecule has 4 heterocycles. The van der Waals surface area contributed by atoms with Crippen LogP contribution in [0.15, 0.2) is 115 Å². The highest BCUT2D eigenvalue weighted by atomic mass is 127. The van der Waals surface area contributed by atoms with Gasteiger partial charge in [-0.3, -0.25) is 4.99 Å². The number of ether oxygens (including phenoxy) is 2. The molecule has 0 aliphatic carbocycles. The molecule has 5 nitrogen and oxygen atoms in total. The SMILES string of the molecule is Fc1ccc(C2(CBr)OC2c2ccccc2Cl)c(F)c1.Fc1ccc(C2(Cn3ccnc3I)OC2c2ccccc2Cl)c(F)c1.IC1=NC=CC1. The van der Waals surface area contributed by atoms with Gasteiger partial charge in [0.05, 0.1) is 10.3 Å². The maximum atomic E-state index is 14.5. The van der Waals surface area contributed by atoms with E-state index in [1.165, 1.54) is 28.0 Å². The highest BCUT2D eigenvalue weighted by Crippen LogP contribution is 2.61. The first kappa shape index (κ1) is 38.4. The van der Waals surface area contributed by atoms with E-state index >= 15 is 0 Å². The molecule has 5 aromatic rings. The van der Waals surface area contributed by atoms with Gasteiger partial charge < -0.3 is 14.0 Å². The Morgan fingerprint density at radius 3 is 1.75 bits per heavy atom. The number of aromatic nitrogens is 2. The van der Waals surface area contributed by atoms with E-state index in [2.05, 4.69) is 71.1 Å². The van der Waals surface area contributed by atoms with Crippen LogP contribution in [0.3, 0.4) is 0 Å². The monoisotopic (exact) mass is 1020 g/mol. The van der Waals surface area contributed by atoms with Crippen LogP contribution in [0.25, 0.3) is 0 Å². The number of epoxide rings is 2. The van der Waals surface area contributed by atoms with E-state index < -0.39 is 40.6 Å². The minimum Gasteiger partial charge on any atom is -0.355 e. The number of nitrogens with zero attached hydrogens (tertiary/aromatic N) is 3. The summed E-state index contributed by atoms with van der Waals surface area (Å²) < 4.78 is 70.5. The molecule has 2 fully saturated rings. The van der Waals surface area contributed by atoms with Crippen LogP contribution in [0.1, 0.15) is 40.9 Å². The summed E-state index contributed by atoms with van der Waals surface area (Å²) in [6.45, 7) is 0.351. The third-order valence-corrected chi connectivity index (χ3v) is 11.6. The summed E-state index contributed by atoms with van der Waals surface area (Å²) in [5.74, 6) is -2.47. The van der Waals surface area contributed by atoms with Crippen molar-refractivity contribution >= 4 is 88.0 Å². The number of allylic oxidation sites excluding steroid dienone is 1. The van der Waals surface area contributed by atoms with Gasteiger partial charge in [0, 0.05) is 74.8 Å². The van der Waals surface area contributed by atoms with Gasteiger partial charge in [0.1, 0.15) is 46.7 Å². The predicted octanol–water partition coefficient (Wildman–Crippen LogP) is 11.8. The number of hydrogen-bond acceptors (Lipinski definition) is 4. The Labute approximate surface area is 337 Å². The fourth-order valence-corrected chi connectivity index (χ4v) is 7.93. The summed E-state index contributed by atoms with van der Waals surface area (Å²) in [5.41, 5.74) is 0.441. The molecule has 0 N–H and O–H groups in total. The number of halogens is 9. The molecule has 51 heavy (non-hydrogen) atoms. The number of rotatable bonds is 7. The molecule has 0 spiro atoms. The Bertz CT molecular complexity index is 2120. The Kier molecular flexibility index (Phi) is 12.3. The largest absolute Gasteiger partial charge is 0.355 e. The van der Waals surface area contributed by atoms with Gasteiger partial charge in [0.2, 0.25) is 0 Å². The number of aliphatic imine (C=N–C) groups is 1. The van der Waals surface area contributed by atoms with Crippen molar-refractivity contribution in [2.45, 2.75) is 36.4 Å². The Morgan fingerprint density at radius 1 is 0.784 bits per heavy atom. The topological polar surface area (TPSA) is 55.2 Å². The summed E-state index contributed by atoms with van der Waals surface area (Å²) in [6, 6.07) is 21.7. The predicted molar refractivity (Wildman–Crippen MR) is 211 cm³/mol. The van der Waals surface area contributed by atoms with E-state index in [4.69, 9.17) is 32.7 Å². The Morgan fingerprint density at radius 2 is 1.31 bits per heavy atom. The van der Waals surface area contributed by atoms with Crippen LogP contribution in [0.4, 0.5) is 17.6 Å². The zero-order chi connectivity index (χ0) is 36.3. The molecule has 3 aliphatic heterocycles. The fraction of sp³-hybridized carbons (Fsp3) is 0.189. The number of hydrogen-bond donors (Lipinski definition) is 0. The van der Waals surface area contributed by atoms with Crippen molar-refractivity contribution in [3.05, 3.63) is 169 Å². The van der Waals surface area contributed by atoms with E-state index in [0.29, 0.717) is 33.0 Å². The lowest BCUT2D eigenvalue weighted by molar-refractivity contribution is 0.262.